The van der Waals surface area contributed by atoms with Crippen LogP contribution < -0.4 is 10.6 Å². The Morgan fingerprint density at radius 1 is 1.08 bits per heavy atom. The van der Waals surface area contributed by atoms with E-state index in [0.29, 0.717) is 23.7 Å². The third-order valence-corrected chi connectivity index (χ3v) is 3.64. The number of carbonyl (C=O) groups excluding carboxylic acids is 1. The molecule has 6 heteroatoms. The molecule has 1 heterocycles. The molecule has 5 nitrogen and oxygen atoms in total. The lowest BCUT2D eigenvalue weighted by atomic mass is 10.1. The lowest BCUT2D eigenvalue weighted by Gasteiger charge is -2.06. The van der Waals surface area contributed by atoms with Gasteiger partial charge < -0.3 is 15.2 Å². The molecule has 24 heavy (non-hydrogen) atoms. The fourth-order valence-corrected chi connectivity index (χ4v) is 2.31. The molecular weight excluding hydrogens is 326 g/mol. The Morgan fingerprint density at radius 2 is 1.83 bits per heavy atom. The second-order valence-corrected chi connectivity index (χ2v) is 5.62. The first-order valence-electron chi connectivity index (χ1n) is 7.52. The van der Waals surface area contributed by atoms with Gasteiger partial charge in [-0.1, -0.05) is 47.1 Å². The Hall–Kier alpha value is -2.79. The van der Waals surface area contributed by atoms with Crippen molar-refractivity contribution < 1.29 is 9.32 Å². The minimum Gasteiger partial charge on any atom is -0.356 e. The smallest absolute Gasteiger partial charge is 0.319 e. The molecule has 3 aromatic rings. The van der Waals surface area contributed by atoms with Gasteiger partial charge in [-0.3, -0.25) is 0 Å². The molecule has 2 amide bonds. The van der Waals surface area contributed by atoms with Crippen molar-refractivity contribution >= 4 is 23.3 Å². The van der Waals surface area contributed by atoms with Crippen LogP contribution in [0.3, 0.4) is 0 Å². The minimum atomic E-state index is -0.274. The molecule has 0 spiro atoms. The van der Waals surface area contributed by atoms with Crippen LogP contribution in [-0.4, -0.2) is 17.7 Å². The average Bonchev–Trinajstić information content (AvgIpc) is 3.07. The highest BCUT2D eigenvalue weighted by atomic mass is 35.5. The first kappa shape index (κ1) is 16.1. The van der Waals surface area contributed by atoms with Crippen LogP contribution in [0.1, 0.15) is 5.69 Å². The normalized spacial score (nSPS) is 10.4. The number of nitrogens with one attached hydrogen (secondary N) is 2. The lowest BCUT2D eigenvalue weighted by molar-refractivity contribution is 0.252. The average molecular weight is 342 g/mol. The van der Waals surface area contributed by atoms with Crippen LogP contribution >= 0.6 is 11.6 Å². The van der Waals surface area contributed by atoms with Gasteiger partial charge in [-0.25, -0.2) is 4.79 Å². The molecule has 0 aliphatic rings. The molecule has 0 radical (unpaired) electrons. The van der Waals surface area contributed by atoms with Crippen molar-refractivity contribution in [3.05, 3.63) is 71.4 Å². The summed E-state index contributed by atoms with van der Waals surface area (Å²) in [5.74, 6) is 0.719. The third kappa shape index (κ3) is 4.36. The second-order valence-electron chi connectivity index (χ2n) is 5.19. The number of hydrogen-bond donors (Lipinski definition) is 2. The number of anilines is 1. The number of nitrogens with zero attached hydrogens (tertiary/aromatic N) is 1. The molecule has 0 atom stereocenters. The molecule has 0 saturated carbocycles. The number of hydrogen-bond acceptors (Lipinski definition) is 3. The maximum atomic E-state index is 11.8. The quantitative estimate of drug-likeness (QED) is 0.724. The van der Waals surface area contributed by atoms with Crippen molar-refractivity contribution in [1.82, 2.24) is 10.5 Å². The zero-order chi connectivity index (χ0) is 16.8. The van der Waals surface area contributed by atoms with E-state index in [1.807, 2.05) is 36.4 Å². The minimum absolute atomic E-state index is 0.274. The van der Waals surface area contributed by atoms with Crippen LogP contribution in [0.5, 0.6) is 0 Å². The van der Waals surface area contributed by atoms with Crippen molar-refractivity contribution in [3.63, 3.8) is 0 Å². The van der Waals surface area contributed by atoms with Gasteiger partial charge >= 0.3 is 6.03 Å². The van der Waals surface area contributed by atoms with E-state index in [0.717, 1.165) is 17.0 Å². The summed E-state index contributed by atoms with van der Waals surface area (Å²) in [5, 5.41) is 10.2. The molecule has 1 aromatic heterocycles. The van der Waals surface area contributed by atoms with Crippen LogP contribution in [0.4, 0.5) is 10.5 Å². The van der Waals surface area contributed by atoms with Crippen molar-refractivity contribution in [2.45, 2.75) is 6.42 Å². The van der Waals surface area contributed by atoms with Gasteiger partial charge in [-0.2, -0.15) is 0 Å². The number of benzene rings is 2. The Balaban J connectivity index is 1.47. The zero-order valence-corrected chi connectivity index (χ0v) is 13.6. The van der Waals surface area contributed by atoms with E-state index in [-0.39, 0.29) is 6.03 Å². The second kappa shape index (κ2) is 7.66. The third-order valence-electron chi connectivity index (χ3n) is 3.39. The Kier molecular flexibility index (Phi) is 5.13. The first-order valence-corrected chi connectivity index (χ1v) is 7.90. The Morgan fingerprint density at radius 3 is 2.58 bits per heavy atom. The summed E-state index contributed by atoms with van der Waals surface area (Å²) in [6, 6.07) is 18.3. The molecule has 0 fully saturated rings. The summed E-state index contributed by atoms with van der Waals surface area (Å²) in [4.78, 5) is 11.8. The van der Waals surface area contributed by atoms with Gasteiger partial charge in [0.1, 0.15) is 0 Å². The van der Waals surface area contributed by atoms with Crippen LogP contribution in [0.25, 0.3) is 11.3 Å². The fourth-order valence-electron chi connectivity index (χ4n) is 2.18. The summed E-state index contributed by atoms with van der Waals surface area (Å²) in [6.45, 7) is 0.459. The highest BCUT2D eigenvalue weighted by molar-refractivity contribution is 6.30. The van der Waals surface area contributed by atoms with Gasteiger partial charge in [0, 0.05) is 35.3 Å². The van der Waals surface area contributed by atoms with Crippen LogP contribution in [0.15, 0.2) is 65.2 Å². The van der Waals surface area contributed by atoms with E-state index in [1.54, 1.807) is 24.3 Å². The predicted octanol–water partition coefficient (Wildman–Crippen LogP) is 4.36. The molecule has 0 aliphatic carbocycles. The number of rotatable bonds is 5. The van der Waals surface area contributed by atoms with Crippen LogP contribution in [-0.2, 0) is 6.42 Å². The van der Waals surface area contributed by atoms with Gasteiger partial charge in [0.2, 0.25) is 0 Å². The van der Waals surface area contributed by atoms with E-state index in [9.17, 15) is 4.79 Å². The first-order chi connectivity index (χ1) is 11.7. The molecule has 3 rings (SSSR count). The van der Waals surface area contributed by atoms with E-state index >= 15 is 0 Å². The summed E-state index contributed by atoms with van der Waals surface area (Å²) < 4.78 is 5.32. The standard InChI is InChI=1S/C18H16ClN3O2/c19-14-6-8-15(9-7-14)21-18(23)20-11-10-16-12-17(24-22-16)13-4-2-1-3-5-13/h1-9,12H,10-11H2,(H2,20,21,23). The van der Waals surface area contributed by atoms with E-state index in [2.05, 4.69) is 15.8 Å². The molecule has 122 valence electrons. The number of aromatic nitrogens is 1. The zero-order valence-electron chi connectivity index (χ0n) is 12.8. The van der Waals surface area contributed by atoms with E-state index < -0.39 is 0 Å². The number of halogens is 1. The molecule has 0 saturated heterocycles. The summed E-state index contributed by atoms with van der Waals surface area (Å²) in [5.41, 5.74) is 2.45. The monoisotopic (exact) mass is 341 g/mol. The maximum Gasteiger partial charge on any atom is 0.319 e. The van der Waals surface area contributed by atoms with E-state index in [1.165, 1.54) is 0 Å². The van der Waals surface area contributed by atoms with Crippen molar-refractivity contribution in [3.8, 4) is 11.3 Å². The summed E-state index contributed by atoms with van der Waals surface area (Å²) >= 11 is 5.80. The van der Waals surface area contributed by atoms with Gasteiger partial charge in [-0.15, -0.1) is 0 Å². The summed E-state index contributed by atoms with van der Waals surface area (Å²) in [7, 11) is 0. The van der Waals surface area contributed by atoms with Crippen molar-refractivity contribution in [1.29, 1.82) is 0 Å². The number of carbonyl (C=O) groups is 1. The van der Waals surface area contributed by atoms with Gasteiger partial charge in [-0.05, 0) is 24.3 Å². The molecule has 0 aliphatic heterocycles. The topological polar surface area (TPSA) is 67.2 Å². The lowest BCUT2D eigenvalue weighted by Crippen LogP contribution is -2.30. The molecule has 0 unspecified atom stereocenters. The van der Waals surface area contributed by atoms with E-state index in [4.69, 9.17) is 16.1 Å². The largest absolute Gasteiger partial charge is 0.356 e. The molecule has 2 aromatic carbocycles. The SMILES string of the molecule is O=C(NCCc1cc(-c2ccccc2)on1)Nc1ccc(Cl)cc1. The molecular formula is C18H16ClN3O2. The van der Waals surface area contributed by atoms with Crippen molar-refractivity contribution in [2.75, 3.05) is 11.9 Å². The molecule has 2 N–H and O–H groups in total. The van der Waals surface area contributed by atoms with Gasteiger partial charge in [0.05, 0.1) is 5.69 Å². The Labute approximate surface area is 144 Å². The predicted molar refractivity (Wildman–Crippen MR) is 94.1 cm³/mol. The summed E-state index contributed by atoms with van der Waals surface area (Å²) in [6.07, 6.45) is 0.588. The number of amides is 2. The van der Waals surface area contributed by atoms with Crippen molar-refractivity contribution in [2.24, 2.45) is 0 Å². The highest BCUT2D eigenvalue weighted by Crippen LogP contribution is 2.19. The fraction of sp³-hybridized carbons (Fsp3) is 0.111. The van der Waals surface area contributed by atoms with Crippen LogP contribution in [0.2, 0.25) is 5.02 Å². The highest BCUT2D eigenvalue weighted by Gasteiger charge is 2.07. The molecule has 0 bridgehead atoms. The van der Waals surface area contributed by atoms with Crippen LogP contribution in [0, 0.1) is 0 Å². The number of urea groups is 1. The van der Waals surface area contributed by atoms with Gasteiger partial charge in [0.15, 0.2) is 5.76 Å². The van der Waals surface area contributed by atoms with Gasteiger partial charge in [0.25, 0.3) is 0 Å². The Bertz CT molecular complexity index is 801. The maximum absolute atomic E-state index is 11.8.